The molecule has 3 heterocycles. The monoisotopic (exact) mass is 326 g/mol. The Labute approximate surface area is 136 Å². The van der Waals surface area contributed by atoms with Crippen molar-refractivity contribution in [2.45, 2.75) is 26.3 Å². The van der Waals surface area contributed by atoms with Crippen molar-refractivity contribution in [3.8, 4) is 0 Å². The molecule has 3 N–H and O–H groups in total. The molecule has 0 radical (unpaired) electrons. The van der Waals surface area contributed by atoms with Crippen molar-refractivity contribution in [2.75, 3.05) is 36.9 Å². The minimum Gasteiger partial charge on any atom is -0.356 e. The van der Waals surface area contributed by atoms with E-state index in [0.29, 0.717) is 12.4 Å². The van der Waals surface area contributed by atoms with Crippen LogP contribution in [0.2, 0.25) is 0 Å². The number of anilines is 2. The molecule has 2 aliphatic heterocycles. The lowest BCUT2D eigenvalue weighted by Crippen LogP contribution is -2.44. The van der Waals surface area contributed by atoms with Crippen LogP contribution in [0.5, 0.6) is 0 Å². The zero-order valence-corrected chi connectivity index (χ0v) is 13.8. The summed E-state index contributed by atoms with van der Waals surface area (Å²) >= 11 is 0. The quantitative estimate of drug-likeness (QED) is 0.858. The van der Waals surface area contributed by atoms with E-state index in [1.54, 1.807) is 11.9 Å². The number of carbonyl (C=O) groups is 1. The van der Waals surface area contributed by atoms with Crippen molar-refractivity contribution in [1.82, 2.24) is 14.9 Å². The molecule has 0 bridgehead atoms. The lowest BCUT2D eigenvalue weighted by atomic mass is 9.80. The molecule has 22 heavy (non-hydrogen) atoms. The van der Waals surface area contributed by atoms with Gasteiger partial charge in [0, 0.05) is 20.1 Å². The van der Waals surface area contributed by atoms with Gasteiger partial charge in [-0.15, -0.1) is 12.4 Å². The molecule has 0 atom stereocenters. The number of hydrogen-bond acceptors (Lipinski definition) is 5. The van der Waals surface area contributed by atoms with Crippen molar-refractivity contribution >= 4 is 30.1 Å². The minimum atomic E-state index is -0.124. The Kier molecular flexibility index (Phi) is 4.77. The third kappa shape index (κ3) is 2.96. The zero-order valence-electron chi connectivity index (χ0n) is 13.0. The van der Waals surface area contributed by atoms with Crippen LogP contribution in [0.15, 0.2) is 6.33 Å². The first-order valence-electron chi connectivity index (χ1n) is 7.33. The van der Waals surface area contributed by atoms with Crippen LogP contribution in [-0.2, 0) is 6.54 Å². The highest BCUT2D eigenvalue weighted by Gasteiger charge is 2.32. The molecule has 0 saturated carbocycles. The third-order valence-corrected chi connectivity index (χ3v) is 4.65. The summed E-state index contributed by atoms with van der Waals surface area (Å²) in [6.45, 7) is 5.39. The molecule has 3 rings (SSSR count). The number of hydrogen-bond donors (Lipinski definition) is 2. The largest absolute Gasteiger partial charge is 0.356 e. The summed E-state index contributed by atoms with van der Waals surface area (Å²) in [7, 11) is 1.77. The predicted octanol–water partition coefficient (Wildman–Crippen LogP) is 1.44. The van der Waals surface area contributed by atoms with Gasteiger partial charge in [0.25, 0.3) is 0 Å². The summed E-state index contributed by atoms with van der Waals surface area (Å²) in [5, 5.41) is 2.81. The molecule has 0 unspecified atom stereocenters. The molecule has 122 valence electrons. The van der Waals surface area contributed by atoms with Gasteiger partial charge < -0.3 is 15.5 Å². The lowest BCUT2D eigenvalue weighted by Gasteiger charge is -2.40. The van der Waals surface area contributed by atoms with E-state index in [-0.39, 0.29) is 23.9 Å². The fourth-order valence-corrected chi connectivity index (χ4v) is 2.90. The number of amides is 2. The first-order chi connectivity index (χ1) is 10.0. The maximum absolute atomic E-state index is 11.7. The van der Waals surface area contributed by atoms with Crippen LogP contribution in [0.25, 0.3) is 0 Å². The third-order valence-electron chi connectivity index (χ3n) is 4.65. The highest BCUT2D eigenvalue weighted by molar-refractivity contribution is 5.91. The van der Waals surface area contributed by atoms with E-state index in [0.717, 1.165) is 43.9 Å². The Morgan fingerprint density at radius 2 is 2.05 bits per heavy atom. The zero-order chi connectivity index (χ0) is 15.0. The maximum Gasteiger partial charge on any atom is 0.323 e. The standard InChI is InChI=1S/C14H22N6O.ClH/c1-14(8-15)3-5-20(6-4-14)12-10-7-19(2)13(21)18-11(10)16-9-17-12;/h9H,3-8,15H2,1-2H3,(H,16,17,18,21);1H. The average molecular weight is 327 g/mol. The van der Waals surface area contributed by atoms with Crippen molar-refractivity contribution in [3.05, 3.63) is 11.9 Å². The van der Waals surface area contributed by atoms with Gasteiger partial charge in [-0.25, -0.2) is 14.8 Å². The van der Waals surface area contributed by atoms with Gasteiger partial charge in [-0.05, 0) is 24.8 Å². The molecule has 2 aliphatic rings. The number of nitrogens with one attached hydrogen (secondary N) is 1. The fraction of sp³-hybridized carbons (Fsp3) is 0.643. The second-order valence-corrected chi connectivity index (χ2v) is 6.31. The van der Waals surface area contributed by atoms with Gasteiger partial charge >= 0.3 is 6.03 Å². The molecular weight excluding hydrogens is 304 g/mol. The molecule has 1 saturated heterocycles. The molecule has 1 fully saturated rings. The Bertz CT molecular complexity index is 558. The molecule has 8 heteroatoms. The maximum atomic E-state index is 11.7. The van der Waals surface area contributed by atoms with Crippen molar-refractivity contribution in [2.24, 2.45) is 11.1 Å². The number of aromatic nitrogens is 2. The molecule has 2 amide bonds. The summed E-state index contributed by atoms with van der Waals surface area (Å²) in [6.07, 6.45) is 3.64. The van der Waals surface area contributed by atoms with E-state index in [1.807, 2.05) is 0 Å². The number of nitrogens with zero attached hydrogens (tertiary/aromatic N) is 4. The van der Waals surface area contributed by atoms with Crippen LogP contribution in [0, 0.1) is 5.41 Å². The van der Waals surface area contributed by atoms with Gasteiger partial charge in [0.05, 0.1) is 12.1 Å². The number of rotatable bonds is 2. The summed E-state index contributed by atoms with van der Waals surface area (Å²) in [5.41, 5.74) is 7.09. The van der Waals surface area contributed by atoms with Crippen LogP contribution in [0.4, 0.5) is 16.4 Å². The number of urea groups is 1. The predicted molar refractivity (Wildman–Crippen MR) is 88.4 cm³/mol. The van der Waals surface area contributed by atoms with E-state index >= 15 is 0 Å². The van der Waals surface area contributed by atoms with Crippen LogP contribution in [-0.4, -0.2) is 47.6 Å². The Morgan fingerprint density at radius 1 is 1.36 bits per heavy atom. The van der Waals surface area contributed by atoms with Crippen LogP contribution >= 0.6 is 12.4 Å². The van der Waals surface area contributed by atoms with Gasteiger partial charge in [-0.2, -0.15) is 0 Å². The number of carbonyl (C=O) groups excluding carboxylic acids is 1. The van der Waals surface area contributed by atoms with E-state index in [4.69, 9.17) is 5.73 Å². The Hall–Kier alpha value is -1.60. The normalized spacial score (nSPS) is 20.0. The van der Waals surface area contributed by atoms with Gasteiger partial charge in [-0.1, -0.05) is 6.92 Å². The minimum absolute atomic E-state index is 0. The number of nitrogens with two attached hydrogens (primary N) is 1. The van der Waals surface area contributed by atoms with Crippen molar-refractivity contribution in [3.63, 3.8) is 0 Å². The van der Waals surface area contributed by atoms with Crippen LogP contribution < -0.4 is 16.0 Å². The lowest BCUT2D eigenvalue weighted by molar-refractivity contribution is 0.218. The summed E-state index contributed by atoms with van der Waals surface area (Å²) < 4.78 is 0. The SMILES string of the molecule is CN1Cc2c(ncnc2N2CCC(C)(CN)CC2)NC1=O.Cl. The van der Waals surface area contributed by atoms with E-state index in [1.165, 1.54) is 6.33 Å². The van der Waals surface area contributed by atoms with Crippen LogP contribution in [0.3, 0.4) is 0 Å². The first kappa shape index (κ1) is 16.8. The summed E-state index contributed by atoms with van der Waals surface area (Å²) in [5.74, 6) is 1.57. The highest BCUT2D eigenvalue weighted by Crippen LogP contribution is 2.34. The fourth-order valence-electron chi connectivity index (χ4n) is 2.90. The van der Waals surface area contributed by atoms with Gasteiger partial charge in [0.1, 0.15) is 18.0 Å². The van der Waals surface area contributed by atoms with E-state index in [9.17, 15) is 4.79 Å². The average Bonchev–Trinajstić information content (AvgIpc) is 2.49. The van der Waals surface area contributed by atoms with Crippen molar-refractivity contribution < 1.29 is 4.79 Å². The van der Waals surface area contributed by atoms with Crippen LogP contribution in [0.1, 0.15) is 25.3 Å². The van der Waals surface area contributed by atoms with E-state index < -0.39 is 0 Å². The first-order valence-corrected chi connectivity index (χ1v) is 7.33. The Morgan fingerprint density at radius 3 is 2.68 bits per heavy atom. The summed E-state index contributed by atoms with van der Waals surface area (Å²) in [4.78, 5) is 24.3. The van der Waals surface area contributed by atoms with Gasteiger partial charge in [-0.3, -0.25) is 5.32 Å². The summed E-state index contributed by atoms with van der Waals surface area (Å²) in [6, 6.07) is -0.124. The smallest absolute Gasteiger partial charge is 0.323 e. The second kappa shape index (κ2) is 6.26. The van der Waals surface area contributed by atoms with Crippen molar-refractivity contribution in [1.29, 1.82) is 0 Å². The molecule has 0 aliphatic carbocycles. The topological polar surface area (TPSA) is 87.4 Å². The molecule has 7 nitrogen and oxygen atoms in total. The molecule has 1 aromatic heterocycles. The number of piperidine rings is 1. The highest BCUT2D eigenvalue weighted by atomic mass is 35.5. The molecular formula is C14H23ClN6O. The number of fused-ring (bicyclic) bond motifs is 1. The Balaban J connectivity index is 0.00000176. The molecule has 0 spiro atoms. The van der Waals surface area contributed by atoms with Gasteiger partial charge in [0.2, 0.25) is 0 Å². The molecule has 1 aromatic rings. The second-order valence-electron chi connectivity index (χ2n) is 6.31. The van der Waals surface area contributed by atoms with E-state index in [2.05, 4.69) is 27.1 Å². The van der Waals surface area contributed by atoms with Gasteiger partial charge in [0.15, 0.2) is 0 Å². The number of halogens is 1. The molecule has 0 aromatic carbocycles.